The van der Waals surface area contributed by atoms with E-state index >= 15 is 0 Å². The third kappa shape index (κ3) is 10.2. The van der Waals surface area contributed by atoms with Crippen LogP contribution in [0.15, 0.2) is 0 Å². The summed E-state index contributed by atoms with van der Waals surface area (Å²) in [6.07, 6.45) is 0. The number of carbonyl (C=O) groups excluding carboxylic acids is 4. The molecule has 0 aromatic rings. The molecule has 0 aliphatic carbocycles. The zero-order chi connectivity index (χ0) is 15.5. The van der Waals surface area contributed by atoms with Gasteiger partial charge in [-0.3, -0.25) is 19.2 Å². The third-order valence-corrected chi connectivity index (χ3v) is 2.22. The minimum atomic E-state index is -0.498. The van der Waals surface area contributed by atoms with Crippen LogP contribution in [-0.2, 0) is 19.2 Å². The summed E-state index contributed by atoms with van der Waals surface area (Å²) in [5, 5.41) is 9.57. The van der Waals surface area contributed by atoms with Gasteiger partial charge in [0.05, 0.1) is 25.4 Å². The minimum absolute atomic E-state index is 0.00505. The Bertz CT molecular complexity index is 373. The molecule has 9 heteroatoms. The first-order valence-electron chi connectivity index (χ1n) is 6.05. The van der Waals surface area contributed by atoms with Crippen molar-refractivity contribution in [3.63, 3.8) is 0 Å². The highest BCUT2D eigenvalue weighted by atomic mass is 32.1. The van der Waals surface area contributed by atoms with Crippen LogP contribution in [0, 0.1) is 0 Å². The molecule has 4 N–H and O–H groups in total. The van der Waals surface area contributed by atoms with Gasteiger partial charge in [-0.15, -0.1) is 0 Å². The number of amides is 4. The van der Waals surface area contributed by atoms with Gasteiger partial charge in [-0.25, -0.2) is 0 Å². The first-order valence-corrected chi connectivity index (χ1v) is 6.68. The molecule has 0 aromatic heterocycles. The lowest BCUT2D eigenvalue weighted by molar-refractivity contribution is -0.128. The van der Waals surface area contributed by atoms with E-state index in [1.807, 2.05) is 0 Å². The molecule has 0 rings (SSSR count). The molecule has 20 heavy (non-hydrogen) atoms. The molecule has 0 aliphatic heterocycles. The van der Waals surface area contributed by atoms with Crippen molar-refractivity contribution < 1.29 is 19.2 Å². The Balaban J connectivity index is 3.74. The molecule has 0 aliphatic rings. The second-order valence-electron chi connectivity index (χ2n) is 4.21. The molecule has 0 radical (unpaired) electrons. The predicted octanol–water partition coefficient (Wildman–Crippen LogP) is -2.21. The van der Waals surface area contributed by atoms with Gasteiger partial charge in [0.1, 0.15) is 0 Å². The van der Waals surface area contributed by atoms with Crippen molar-refractivity contribution in [1.82, 2.24) is 21.3 Å². The minimum Gasteiger partial charge on any atom is -0.352 e. The van der Waals surface area contributed by atoms with Crippen LogP contribution in [0.5, 0.6) is 0 Å². The largest absolute Gasteiger partial charge is 0.352 e. The van der Waals surface area contributed by atoms with Gasteiger partial charge in [0, 0.05) is 6.04 Å². The summed E-state index contributed by atoms with van der Waals surface area (Å²) in [5.41, 5.74) is 0. The summed E-state index contributed by atoms with van der Waals surface area (Å²) >= 11 is 3.73. The van der Waals surface area contributed by atoms with Crippen molar-refractivity contribution in [3.8, 4) is 0 Å². The number of carbonyl (C=O) groups is 4. The van der Waals surface area contributed by atoms with Crippen LogP contribution in [0.2, 0.25) is 0 Å². The quantitative estimate of drug-likeness (QED) is 0.327. The molecule has 0 bridgehead atoms. The van der Waals surface area contributed by atoms with E-state index in [-0.39, 0.29) is 43.2 Å². The fourth-order valence-corrected chi connectivity index (χ4v) is 1.20. The van der Waals surface area contributed by atoms with Crippen LogP contribution in [0.25, 0.3) is 0 Å². The molecule has 0 unspecified atom stereocenters. The Morgan fingerprint density at radius 1 is 0.800 bits per heavy atom. The zero-order valence-corrected chi connectivity index (χ0v) is 12.4. The highest BCUT2D eigenvalue weighted by molar-refractivity contribution is 7.81. The van der Waals surface area contributed by atoms with E-state index in [0.717, 1.165) is 0 Å². The molecule has 0 atom stereocenters. The van der Waals surface area contributed by atoms with Crippen LogP contribution in [0.3, 0.4) is 0 Å². The summed E-state index contributed by atoms with van der Waals surface area (Å²) in [6.45, 7) is 2.98. The number of nitrogens with one attached hydrogen (secondary N) is 4. The lowest BCUT2D eigenvalue weighted by Gasteiger charge is -2.10. The second-order valence-corrected chi connectivity index (χ2v) is 4.53. The van der Waals surface area contributed by atoms with E-state index in [2.05, 4.69) is 33.9 Å². The molecule has 114 valence electrons. The van der Waals surface area contributed by atoms with Gasteiger partial charge in [0.15, 0.2) is 0 Å². The van der Waals surface area contributed by atoms with Gasteiger partial charge in [0.2, 0.25) is 23.6 Å². The van der Waals surface area contributed by atoms with Crippen LogP contribution in [0.4, 0.5) is 0 Å². The molecule has 8 nitrogen and oxygen atoms in total. The molecule has 0 fully saturated rings. The van der Waals surface area contributed by atoms with E-state index in [1.54, 1.807) is 13.8 Å². The summed E-state index contributed by atoms with van der Waals surface area (Å²) in [4.78, 5) is 44.6. The molecular weight excluding hydrogens is 284 g/mol. The van der Waals surface area contributed by atoms with Gasteiger partial charge in [-0.2, -0.15) is 12.6 Å². The van der Waals surface area contributed by atoms with Crippen molar-refractivity contribution in [2.45, 2.75) is 19.9 Å². The lowest BCUT2D eigenvalue weighted by atomic mass is 10.4. The lowest BCUT2D eigenvalue weighted by Crippen LogP contribution is -2.45. The molecule has 0 spiro atoms. The second kappa shape index (κ2) is 10.1. The summed E-state index contributed by atoms with van der Waals surface area (Å²) < 4.78 is 0. The number of thiol groups is 1. The first-order chi connectivity index (χ1) is 9.35. The Hall–Kier alpha value is -1.77. The number of hydrogen-bond donors (Lipinski definition) is 5. The first kappa shape index (κ1) is 18.2. The maximum absolute atomic E-state index is 11.3. The zero-order valence-electron chi connectivity index (χ0n) is 11.5. The van der Waals surface area contributed by atoms with Crippen molar-refractivity contribution in [2.75, 3.05) is 25.4 Å². The van der Waals surface area contributed by atoms with Crippen LogP contribution >= 0.6 is 12.6 Å². The highest BCUT2D eigenvalue weighted by Crippen LogP contribution is 1.76. The fraction of sp³-hybridized carbons (Fsp3) is 0.636. The van der Waals surface area contributed by atoms with Crippen LogP contribution in [-0.4, -0.2) is 55.1 Å². The van der Waals surface area contributed by atoms with E-state index in [4.69, 9.17) is 0 Å². The Morgan fingerprint density at radius 3 is 1.60 bits per heavy atom. The summed E-state index contributed by atoms with van der Waals surface area (Å²) in [6, 6.07) is -0.00505. The molecule has 0 saturated carbocycles. The van der Waals surface area contributed by atoms with Crippen LogP contribution < -0.4 is 21.3 Å². The molecule has 0 heterocycles. The van der Waals surface area contributed by atoms with E-state index in [9.17, 15) is 19.2 Å². The predicted molar refractivity (Wildman–Crippen MR) is 76.2 cm³/mol. The van der Waals surface area contributed by atoms with Gasteiger partial charge in [-0.1, -0.05) is 0 Å². The van der Waals surface area contributed by atoms with E-state index in [0.29, 0.717) is 0 Å². The van der Waals surface area contributed by atoms with Gasteiger partial charge >= 0.3 is 0 Å². The standard InChI is InChI=1S/C11H20N4O4S/c1-7(2)15-10(18)5-13-8(16)3-12-9(17)4-14-11(19)6-20/h7,20H,3-6H2,1-2H3,(H,12,17)(H,13,16)(H,14,19)(H,15,18). The SMILES string of the molecule is CC(C)NC(=O)CNC(=O)CNC(=O)CNC(=O)CS. The Labute approximate surface area is 122 Å². The van der Waals surface area contributed by atoms with Crippen molar-refractivity contribution >= 4 is 36.3 Å². The highest BCUT2D eigenvalue weighted by Gasteiger charge is 2.08. The number of rotatable bonds is 8. The third-order valence-electron chi connectivity index (χ3n) is 1.93. The maximum Gasteiger partial charge on any atom is 0.239 e. The van der Waals surface area contributed by atoms with Gasteiger partial charge < -0.3 is 21.3 Å². The Morgan fingerprint density at radius 2 is 1.20 bits per heavy atom. The smallest absolute Gasteiger partial charge is 0.239 e. The summed E-state index contributed by atoms with van der Waals surface area (Å²) in [5.74, 6) is -1.68. The topological polar surface area (TPSA) is 116 Å². The van der Waals surface area contributed by atoms with E-state index < -0.39 is 11.8 Å². The van der Waals surface area contributed by atoms with Crippen molar-refractivity contribution in [3.05, 3.63) is 0 Å². The molecule has 0 saturated heterocycles. The Kier molecular flexibility index (Phi) is 9.18. The molecule has 4 amide bonds. The average molecular weight is 304 g/mol. The van der Waals surface area contributed by atoms with Gasteiger partial charge in [0.25, 0.3) is 0 Å². The number of hydrogen-bond acceptors (Lipinski definition) is 5. The van der Waals surface area contributed by atoms with Crippen molar-refractivity contribution in [1.29, 1.82) is 0 Å². The average Bonchev–Trinajstić information content (AvgIpc) is 2.39. The molecular formula is C11H20N4O4S. The van der Waals surface area contributed by atoms with Crippen molar-refractivity contribution in [2.24, 2.45) is 0 Å². The van der Waals surface area contributed by atoms with E-state index in [1.165, 1.54) is 0 Å². The molecule has 0 aromatic carbocycles. The normalized spacial score (nSPS) is 9.80. The maximum atomic E-state index is 11.3. The summed E-state index contributed by atoms with van der Waals surface area (Å²) in [7, 11) is 0. The fourth-order valence-electron chi connectivity index (χ4n) is 1.09. The van der Waals surface area contributed by atoms with Gasteiger partial charge in [-0.05, 0) is 13.8 Å². The monoisotopic (exact) mass is 304 g/mol. The van der Waals surface area contributed by atoms with Crippen LogP contribution in [0.1, 0.15) is 13.8 Å².